The normalized spacial score (nSPS) is 19.8. The van der Waals surface area contributed by atoms with E-state index in [9.17, 15) is 18.6 Å². The lowest BCUT2D eigenvalue weighted by molar-refractivity contribution is -0.0297. The Balaban J connectivity index is 1.75. The average molecular weight is 406 g/mol. The van der Waals surface area contributed by atoms with Crippen LogP contribution in [0, 0.1) is 0 Å². The Kier molecular flexibility index (Phi) is 6.09. The summed E-state index contributed by atoms with van der Waals surface area (Å²) in [6.07, 6.45) is 1.40. The second-order valence-corrected chi connectivity index (χ2v) is 9.04. The number of hydrogen-bond acceptors (Lipinski definition) is 6. The van der Waals surface area contributed by atoms with E-state index in [1.807, 2.05) is 37.3 Å². The summed E-state index contributed by atoms with van der Waals surface area (Å²) in [4.78, 5) is 2.14. The van der Waals surface area contributed by atoms with Crippen LogP contribution in [0.15, 0.2) is 54.6 Å². The number of benzene rings is 2. The third kappa shape index (κ3) is 4.72. The number of aliphatic hydroxyl groups is 1. The van der Waals surface area contributed by atoms with Gasteiger partial charge in [0.1, 0.15) is 11.4 Å². The van der Waals surface area contributed by atoms with Gasteiger partial charge in [0.05, 0.1) is 12.4 Å². The fourth-order valence-corrected chi connectivity index (χ4v) is 4.74. The van der Waals surface area contributed by atoms with Gasteiger partial charge >= 0.3 is 0 Å². The number of phenols is 1. The fourth-order valence-electron chi connectivity index (χ4n) is 3.89. The number of nitrogens with zero attached hydrogens (tertiary/aromatic N) is 1. The van der Waals surface area contributed by atoms with Crippen LogP contribution in [0.3, 0.4) is 0 Å². The molecule has 2 aromatic rings. The molecule has 2 N–H and O–H groups in total. The van der Waals surface area contributed by atoms with E-state index in [-0.39, 0.29) is 11.8 Å². The lowest BCUT2D eigenvalue weighted by Crippen LogP contribution is -2.49. The maximum Gasteiger partial charge on any atom is 0.265 e. The molecule has 28 heavy (non-hydrogen) atoms. The molecule has 7 heteroatoms. The number of phenolic OH excluding ortho intramolecular Hbond substituents is 1. The van der Waals surface area contributed by atoms with E-state index in [0.29, 0.717) is 25.9 Å². The van der Waals surface area contributed by atoms with Crippen molar-refractivity contribution in [3.05, 3.63) is 65.7 Å². The van der Waals surface area contributed by atoms with Crippen molar-refractivity contribution in [3.8, 4) is 5.75 Å². The molecular weight excluding hydrogens is 378 g/mol. The van der Waals surface area contributed by atoms with Gasteiger partial charge in [0.15, 0.2) is 0 Å². The first-order valence-corrected chi connectivity index (χ1v) is 11.2. The molecule has 0 aromatic heterocycles. The van der Waals surface area contributed by atoms with E-state index in [1.165, 1.54) is 0 Å². The summed E-state index contributed by atoms with van der Waals surface area (Å²) in [6, 6.07) is 15.8. The molecule has 2 atom stereocenters. The number of rotatable bonds is 6. The molecule has 0 bridgehead atoms. The zero-order valence-corrected chi connectivity index (χ0v) is 17.0. The molecule has 1 saturated heterocycles. The quantitative estimate of drug-likeness (QED) is 0.719. The minimum Gasteiger partial charge on any atom is -0.508 e. The van der Waals surface area contributed by atoms with Gasteiger partial charge in [0.2, 0.25) is 0 Å². The van der Waals surface area contributed by atoms with Gasteiger partial charge in [0, 0.05) is 19.1 Å². The standard InChI is InChI=1S/C21H27NO5S/c1-16(20(24)17-8-10-19(23)11-9-17)22-14-12-21(13-15-22,27-28(2,25)26)18-6-4-3-5-7-18/h3-11,16,20,23-24H,12-15H2,1-2H3/t16-,20+/m0/s1. The molecule has 1 fully saturated rings. The Hall–Kier alpha value is -1.93. The van der Waals surface area contributed by atoms with Gasteiger partial charge in [-0.2, -0.15) is 8.42 Å². The van der Waals surface area contributed by atoms with Crippen LogP contribution in [-0.4, -0.2) is 48.9 Å². The molecule has 0 spiro atoms. The minimum absolute atomic E-state index is 0.156. The van der Waals surface area contributed by atoms with Crippen LogP contribution in [0.2, 0.25) is 0 Å². The maximum atomic E-state index is 11.9. The summed E-state index contributed by atoms with van der Waals surface area (Å²) in [5.74, 6) is 0.159. The second kappa shape index (κ2) is 8.21. The van der Waals surface area contributed by atoms with E-state index in [1.54, 1.807) is 24.3 Å². The van der Waals surface area contributed by atoms with Gasteiger partial charge in [-0.25, -0.2) is 0 Å². The van der Waals surface area contributed by atoms with Crippen LogP contribution < -0.4 is 0 Å². The van der Waals surface area contributed by atoms with E-state index in [4.69, 9.17) is 4.18 Å². The smallest absolute Gasteiger partial charge is 0.265 e. The first-order chi connectivity index (χ1) is 13.2. The highest BCUT2D eigenvalue weighted by Gasteiger charge is 2.41. The highest BCUT2D eigenvalue weighted by atomic mass is 32.2. The lowest BCUT2D eigenvalue weighted by Gasteiger charge is -2.44. The number of hydrogen-bond donors (Lipinski definition) is 2. The van der Waals surface area contributed by atoms with Crippen molar-refractivity contribution in [1.82, 2.24) is 4.90 Å². The van der Waals surface area contributed by atoms with Crippen LogP contribution in [0.25, 0.3) is 0 Å². The Bertz CT molecular complexity index is 875. The lowest BCUT2D eigenvalue weighted by atomic mass is 9.83. The van der Waals surface area contributed by atoms with Crippen LogP contribution in [0.1, 0.15) is 37.0 Å². The summed E-state index contributed by atoms with van der Waals surface area (Å²) >= 11 is 0. The second-order valence-electron chi connectivity index (χ2n) is 7.46. The molecule has 152 valence electrons. The molecule has 1 aliphatic rings. The van der Waals surface area contributed by atoms with Crippen molar-refractivity contribution in [2.75, 3.05) is 19.3 Å². The average Bonchev–Trinajstić information content (AvgIpc) is 2.67. The van der Waals surface area contributed by atoms with Crippen LogP contribution in [0.5, 0.6) is 5.75 Å². The third-order valence-corrected chi connectivity index (χ3v) is 6.11. The van der Waals surface area contributed by atoms with Crippen LogP contribution >= 0.6 is 0 Å². The largest absolute Gasteiger partial charge is 0.508 e. The molecule has 2 aromatic carbocycles. The Morgan fingerprint density at radius 1 is 1.04 bits per heavy atom. The predicted molar refractivity (Wildman–Crippen MR) is 107 cm³/mol. The van der Waals surface area contributed by atoms with Crippen molar-refractivity contribution < 1.29 is 22.8 Å². The van der Waals surface area contributed by atoms with Gasteiger partial charge in [-0.3, -0.25) is 9.08 Å². The minimum atomic E-state index is -3.62. The van der Waals surface area contributed by atoms with Gasteiger partial charge in [0.25, 0.3) is 10.1 Å². The van der Waals surface area contributed by atoms with Crippen molar-refractivity contribution in [2.45, 2.75) is 37.5 Å². The Morgan fingerprint density at radius 2 is 1.61 bits per heavy atom. The van der Waals surface area contributed by atoms with Gasteiger partial charge in [-0.15, -0.1) is 0 Å². The molecule has 1 heterocycles. The summed E-state index contributed by atoms with van der Waals surface area (Å²) in [7, 11) is -3.62. The number of piperidine rings is 1. The van der Waals surface area contributed by atoms with Gasteiger partial charge < -0.3 is 10.2 Å². The van der Waals surface area contributed by atoms with Gasteiger partial charge in [-0.1, -0.05) is 42.5 Å². The summed E-state index contributed by atoms with van der Waals surface area (Å²) in [5, 5.41) is 20.1. The molecule has 6 nitrogen and oxygen atoms in total. The molecule has 0 saturated carbocycles. The van der Waals surface area contributed by atoms with Crippen molar-refractivity contribution >= 4 is 10.1 Å². The summed E-state index contributed by atoms with van der Waals surface area (Å²) in [5.41, 5.74) is 0.707. The number of aromatic hydroxyl groups is 1. The molecule has 3 rings (SSSR count). The number of likely N-dealkylation sites (tertiary alicyclic amines) is 1. The van der Waals surface area contributed by atoms with E-state index >= 15 is 0 Å². The predicted octanol–water partition coefficient (Wildman–Crippen LogP) is 2.78. The first kappa shape index (κ1) is 20.8. The van der Waals surface area contributed by atoms with Crippen LogP contribution in [-0.2, 0) is 19.9 Å². The van der Waals surface area contributed by atoms with Crippen molar-refractivity contribution in [2.24, 2.45) is 0 Å². The summed E-state index contributed by atoms with van der Waals surface area (Å²) < 4.78 is 29.4. The van der Waals surface area contributed by atoms with Gasteiger partial charge in [-0.05, 0) is 43.0 Å². The Labute approximate surface area is 166 Å². The number of aliphatic hydroxyl groups excluding tert-OH is 1. The van der Waals surface area contributed by atoms with Crippen molar-refractivity contribution in [1.29, 1.82) is 0 Å². The molecule has 0 radical (unpaired) electrons. The molecular formula is C21H27NO5S. The zero-order chi connectivity index (χ0) is 20.4. The molecule has 0 unspecified atom stereocenters. The van der Waals surface area contributed by atoms with Crippen LogP contribution in [0.4, 0.5) is 0 Å². The monoisotopic (exact) mass is 405 g/mol. The summed E-state index contributed by atoms with van der Waals surface area (Å²) in [6.45, 7) is 3.14. The highest BCUT2D eigenvalue weighted by Crippen LogP contribution is 2.39. The fraction of sp³-hybridized carbons (Fsp3) is 0.429. The van der Waals surface area contributed by atoms with E-state index in [2.05, 4.69) is 4.90 Å². The molecule has 0 amide bonds. The third-order valence-electron chi connectivity index (χ3n) is 5.48. The van der Waals surface area contributed by atoms with E-state index in [0.717, 1.165) is 17.4 Å². The van der Waals surface area contributed by atoms with Crippen molar-refractivity contribution in [3.63, 3.8) is 0 Å². The highest BCUT2D eigenvalue weighted by molar-refractivity contribution is 7.86. The molecule has 1 aliphatic heterocycles. The molecule has 0 aliphatic carbocycles. The topological polar surface area (TPSA) is 87.1 Å². The SMILES string of the molecule is C[C@@H]([C@@H](O)c1ccc(O)cc1)N1CCC(OS(C)(=O)=O)(c2ccccc2)CC1. The first-order valence-electron chi connectivity index (χ1n) is 9.37. The van der Waals surface area contributed by atoms with E-state index < -0.39 is 21.8 Å². The zero-order valence-electron chi connectivity index (χ0n) is 16.2. The Morgan fingerprint density at radius 3 is 2.14 bits per heavy atom. The maximum absolute atomic E-state index is 11.9.